The van der Waals surface area contributed by atoms with Crippen molar-refractivity contribution in [2.75, 3.05) is 19.6 Å². The highest BCUT2D eigenvalue weighted by atomic mass is 16.5. The van der Waals surface area contributed by atoms with Crippen LogP contribution < -0.4 is 5.32 Å². The van der Waals surface area contributed by atoms with E-state index >= 15 is 0 Å². The van der Waals surface area contributed by atoms with Crippen LogP contribution >= 0.6 is 0 Å². The Kier molecular flexibility index (Phi) is 5.28. The van der Waals surface area contributed by atoms with Crippen LogP contribution in [0.15, 0.2) is 4.52 Å². The molecule has 1 aromatic heterocycles. The summed E-state index contributed by atoms with van der Waals surface area (Å²) in [4.78, 5) is 18.3. The first-order valence-electron chi connectivity index (χ1n) is 7.35. The first kappa shape index (κ1) is 15.4. The Labute approximate surface area is 124 Å². The van der Waals surface area contributed by atoms with Gasteiger partial charge in [-0.1, -0.05) is 19.0 Å². The molecule has 21 heavy (non-hydrogen) atoms. The molecule has 0 radical (unpaired) electrons. The molecule has 1 unspecified atom stereocenters. The molecule has 0 bridgehead atoms. The lowest BCUT2D eigenvalue weighted by Crippen LogP contribution is -2.35. The average Bonchev–Trinajstić information content (AvgIpc) is 3.11. The second-order valence-corrected chi connectivity index (χ2v) is 5.66. The third kappa shape index (κ3) is 4.02. The summed E-state index contributed by atoms with van der Waals surface area (Å²) >= 11 is 0. The fourth-order valence-corrected chi connectivity index (χ4v) is 2.40. The van der Waals surface area contributed by atoms with Crippen LogP contribution in [0.3, 0.4) is 0 Å². The third-order valence-corrected chi connectivity index (χ3v) is 3.36. The van der Waals surface area contributed by atoms with Gasteiger partial charge in [0.2, 0.25) is 5.89 Å². The Bertz CT molecular complexity index is 514. The molecule has 1 amide bonds. The van der Waals surface area contributed by atoms with E-state index in [2.05, 4.69) is 21.5 Å². The van der Waals surface area contributed by atoms with Crippen molar-refractivity contribution in [1.82, 2.24) is 20.4 Å². The summed E-state index contributed by atoms with van der Waals surface area (Å²) in [6.45, 7) is 5.94. The molecule has 0 aliphatic carbocycles. The molecular weight excluding hydrogens is 270 g/mol. The quantitative estimate of drug-likeness (QED) is 0.853. The Morgan fingerprint density at radius 3 is 3.05 bits per heavy atom. The first-order valence-corrected chi connectivity index (χ1v) is 7.35. The Hall–Kier alpha value is -1.94. The second-order valence-electron chi connectivity index (χ2n) is 5.66. The van der Waals surface area contributed by atoms with Crippen LogP contribution in [0.25, 0.3) is 0 Å². The number of aromatic nitrogens is 2. The van der Waals surface area contributed by atoms with Crippen molar-refractivity contribution in [2.24, 2.45) is 5.92 Å². The highest BCUT2D eigenvalue weighted by molar-refractivity contribution is 5.90. The number of nitriles is 1. The number of carbonyl (C=O) groups excluding carboxylic acids is 1. The number of hydrogen-bond donors (Lipinski definition) is 1. The van der Waals surface area contributed by atoms with E-state index in [-0.39, 0.29) is 17.8 Å². The SMILES string of the molecule is CC(C)CN(CCC#N)C(=O)c1noc(C2CCCN2)n1. The van der Waals surface area contributed by atoms with Gasteiger partial charge in [-0.25, -0.2) is 0 Å². The van der Waals surface area contributed by atoms with Crippen molar-refractivity contribution in [1.29, 1.82) is 5.26 Å². The second kappa shape index (κ2) is 7.18. The van der Waals surface area contributed by atoms with Gasteiger partial charge in [-0.3, -0.25) is 4.79 Å². The summed E-state index contributed by atoms with van der Waals surface area (Å²) in [6.07, 6.45) is 2.31. The van der Waals surface area contributed by atoms with Crippen LogP contribution in [-0.2, 0) is 0 Å². The Morgan fingerprint density at radius 1 is 1.62 bits per heavy atom. The van der Waals surface area contributed by atoms with E-state index in [0.717, 1.165) is 19.4 Å². The van der Waals surface area contributed by atoms with Crippen LogP contribution in [0.4, 0.5) is 0 Å². The maximum Gasteiger partial charge on any atom is 0.295 e. The van der Waals surface area contributed by atoms with Crippen molar-refractivity contribution >= 4 is 5.91 Å². The zero-order valence-corrected chi connectivity index (χ0v) is 12.5. The van der Waals surface area contributed by atoms with E-state index in [1.807, 2.05) is 13.8 Å². The standard InChI is InChI=1S/C14H21N5O2/c1-10(2)9-19(8-4-6-15)14(20)12-17-13(21-18-12)11-5-3-7-16-11/h10-11,16H,3-5,7-9H2,1-2H3. The lowest BCUT2D eigenvalue weighted by molar-refractivity contribution is 0.0724. The number of carbonyl (C=O) groups is 1. The molecule has 0 aromatic carbocycles. The zero-order valence-electron chi connectivity index (χ0n) is 12.5. The van der Waals surface area contributed by atoms with E-state index in [9.17, 15) is 4.79 Å². The van der Waals surface area contributed by atoms with E-state index in [0.29, 0.717) is 31.3 Å². The van der Waals surface area contributed by atoms with E-state index in [1.54, 1.807) is 4.90 Å². The summed E-state index contributed by atoms with van der Waals surface area (Å²) in [5.41, 5.74) is 0. The van der Waals surface area contributed by atoms with Crippen LogP contribution in [0.5, 0.6) is 0 Å². The van der Waals surface area contributed by atoms with Crippen molar-refractivity contribution < 1.29 is 9.32 Å². The van der Waals surface area contributed by atoms with E-state index < -0.39 is 0 Å². The molecule has 7 heteroatoms. The monoisotopic (exact) mass is 291 g/mol. The van der Waals surface area contributed by atoms with Crippen LogP contribution in [0.2, 0.25) is 0 Å². The number of rotatable bonds is 6. The van der Waals surface area contributed by atoms with Crippen molar-refractivity contribution in [2.45, 2.75) is 39.2 Å². The maximum atomic E-state index is 12.4. The molecule has 1 N–H and O–H groups in total. The molecule has 2 heterocycles. The smallest absolute Gasteiger partial charge is 0.295 e. The fraction of sp³-hybridized carbons (Fsp3) is 0.714. The molecule has 1 saturated heterocycles. The molecule has 1 aliphatic rings. The van der Waals surface area contributed by atoms with Gasteiger partial charge < -0.3 is 14.7 Å². The normalized spacial score (nSPS) is 17.9. The summed E-state index contributed by atoms with van der Waals surface area (Å²) in [6, 6.07) is 2.11. The predicted molar refractivity (Wildman–Crippen MR) is 75.2 cm³/mol. The summed E-state index contributed by atoms with van der Waals surface area (Å²) in [5, 5.41) is 15.8. The molecule has 2 rings (SSSR count). The topological polar surface area (TPSA) is 95.0 Å². The molecule has 1 aliphatic heterocycles. The minimum atomic E-state index is -0.271. The highest BCUT2D eigenvalue weighted by Crippen LogP contribution is 2.21. The van der Waals surface area contributed by atoms with Gasteiger partial charge in [0, 0.05) is 13.1 Å². The molecule has 0 spiro atoms. The predicted octanol–water partition coefficient (Wildman–Crippen LogP) is 1.51. The van der Waals surface area contributed by atoms with E-state index in [1.165, 1.54) is 0 Å². The summed E-state index contributed by atoms with van der Waals surface area (Å²) < 4.78 is 5.19. The van der Waals surface area contributed by atoms with Crippen molar-refractivity contribution in [3.8, 4) is 6.07 Å². The lowest BCUT2D eigenvalue weighted by atomic mass is 10.2. The number of nitrogens with one attached hydrogen (secondary N) is 1. The number of nitrogens with zero attached hydrogens (tertiary/aromatic N) is 4. The molecule has 1 fully saturated rings. The van der Waals surface area contributed by atoms with Gasteiger partial charge in [0.15, 0.2) is 0 Å². The Morgan fingerprint density at radius 2 is 2.43 bits per heavy atom. The first-order chi connectivity index (χ1) is 10.1. The van der Waals surface area contributed by atoms with Crippen LogP contribution in [-0.4, -0.2) is 40.6 Å². The van der Waals surface area contributed by atoms with Gasteiger partial charge in [0.1, 0.15) is 0 Å². The molecule has 1 atom stereocenters. The van der Waals surface area contributed by atoms with Crippen LogP contribution in [0, 0.1) is 17.2 Å². The average molecular weight is 291 g/mol. The van der Waals surface area contributed by atoms with Crippen molar-refractivity contribution in [3.05, 3.63) is 11.7 Å². The third-order valence-electron chi connectivity index (χ3n) is 3.36. The van der Waals surface area contributed by atoms with Gasteiger partial charge in [-0.15, -0.1) is 0 Å². The molecule has 1 aromatic rings. The largest absolute Gasteiger partial charge is 0.337 e. The van der Waals surface area contributed by atoms with Gasteiger partial charge in [-0.2, -0.15) is 10.2 Å². The van der Waals surface area contributed by atoms with E-state index in [4.69, 9.17) is 9.78 Å². The Balaban J connectivity index is 2.06. The maximum absolute atomic E-state index is 12.4. The van der Waals surface area contributed by atoms with Gasteiger partial charge >= 0.3 is 0 Å². The minimum Gasteiger partial charge on any atom is -0.337 e. The van der Waals surface area contributed by atoms with Gasteiger partial charge in [0.05, 0.1) is 18.5 Å². The minimum absolute atomic E-state index is 0.0525. The van der Waals surface area contributed by atoms with Gasteiger partial charge in [-0.05, 0) is 25.3 Å². The zero-order chi connectivity index (χ0) is 15.2. The summed E-state index contributed by atoms with van der Waals surface area (Å²) in [7, 11) is 0. The highest BCUT2D eigenvalue weighted by Gasteiger charge is 2.26. The molecular formula is C14H21N5O2. The molecule has 7 nitrogen and oxygen atoms in total. The van der Waals surface area contributed by atoms with Crippen molar-refractivity contribution in [3.63, 3.8) is 0 Å². The lowest BCUT2D eigenvalue weighted by Gasteiger charge is -2.21. The number of amides is 1. The van der Waals surface area contributed by atoms with Gasteiger partial charge in [0.25, 0.3) is 11.7 Å². The molecule has 0 saturated carbocycles. The van der Waals surface area contributed by atoms with Crippen LogP contribution in [0.1, 0.15) is 55.7 Å². The summed E-state index contributed by atoms with van der Waals surface area (Å²) in [5.74, 6) is 0.598. The molecule has 114 valence electrons. The number of hydrogen-bond acceptors (Lipinski definition) is 6. The fourth-order valence-electron chi connectivity index (χ4n) is 2.40.